The van der Waals surface area contributed by atoms with Gasteiger partial charge >= 0.3 is 7.12 Å². The number of halogens is 1. The Hall–Kier alpha value is -1.30. The minimum absolute atomic E-state index is 0.221. The van der Waals surface area contributed by atoms with Crippen molar-refractivity contribution in [2.24, 2.45) is 0 Å². The van der Waals surface area contributed by atoms with Gasteiger partial charge in [-0.15, -0.1) is 11.8 Å². The summed E-state index contributed by atoms with van der Waals surface area (Å²) in [5.41, 5.74) is 0.943. The summed E-state index contributed by atoms with van der Waals surface area (Å²) >= 11 is 1.57. The molecule has 0 radical (unpaired) electrons. The quantitative estimate of drug-likeness (QED) is 0.652. The first kappa shape index (κ1) is 13.1. The van der Waals surface area contributed by atoms with Gasteiger partial charge in [0.25, 0.3) is 0 Å². The monoisotopic (exact) mass is 262 g/mol. The predicted octanol–water partition coefficient (Wildman–Crippen LogP) is 1.80. The van der Waals surface area contributed by atoms with E-state index in [1.807, 2.05) is 30.3 Å². The number of benzene rings is 2. The van der Waals surface area contributed by atoms with E-state index in [1.165, 1.54) is 6.07 Å². The standard InChI is InChI=1S/C13H12BFO2S/c15-11-7-6-10(13(8-11)14(16)17)9-18-12-4-2-1-3-5-12/h1-8,16-17H,9H2. The number of hydrogen-bond acceptors (Lipinski definition) is 3. The first-order valence-corrected chi connectivity index (χ1v) is 6.47. The Morgan fingerprint density at radius 1 is 1.06 bits per heavy atom. The summed E-state index contributed by atoms with van der Waals surface area (Å²) < 4.78 is 13.0. The molecule has 2 nitrogen and oxygen atoms in total. The van der Waals surface area contributed by atoms with Crippen molar-refractivity contribution in [3.05, 3.63) is 59.9 Å². The maximum Gasteiger partial charge on any atom is 0.488 e. The SMILES string of the molecule is OB(O)c1cc(F)ccc1CSc1ccccc1. The average molecular weight is 262 g/mol. The van der Waals surface area contributed by atoms with E-state index in [-0.39, 0.29) is 5.46 Å². The molecule has 2 aromatic rings. The lowest BCUT2D eigenvalue weighted by Crippen LogP contribution is -2.33. The van der Waals surface area contributed by atoms with Crippen molar-refractivity contribution in [3.63, 3.8) is 0 Å². The van der Waals surface area contributed by atoms with Gasteiger partial charge in [0.15, 0.2) is 0 Å². The van der Waals surface area contributed by atoms with E-state index in [0.29, 0.717) is 5.75 Å². The maximum atomic E-state index is 13.0. The van der Waals surface area contributed by atoms with E-state index >= 15 is 0 Å². The van der Waals surface area contributed by atoms with E-state index in [2.05, 4.69) is 0 Å². The lowest BCUT2D eigenvalue weighted by atomic mass is 9.77. The van der Waals surface area contributed by atoms with Gasteiger partial charge in [-0.05, 0) is 35.3 Å². The van der Waals surface area contributed by atoms with Crippen molar-refractivity contribution in [1.82, 2.24) is 0 Å². The van der Waals surface area contributed by atoms with E-state index in [4.69, 9.17) is 0 Å². The summed E-state index contributed by atoms with van der Waals surface area (Å²) in [6.07, 6.45) is 0. The molecule has 0 unspecified atom stereocenters. The highest BCUT2D eigenvalue weighted by Crippen LogP contribution is 2.21. The van der Waals surface area contributed by atoms with Crippen LogP contribution in [0.25, 0.3) is 0 Å². The lowest BCUT2D eigenvalue weighted by Gasteiger charge is -2.08. The zero-order chi connectivity index (χ0) is 13.0. The van der Waals surface area contributed by atoms with Gasteiger partial charge in [-0.2, -0.15) is 0 Å². The second-order valence-corrected chi connectivity index (χ2v) is 4.87. The van der Waals surface area contributed by atoms with Crippen molar-refractivity contribution in [3.8, 4) is 0 Å². The molecule has 2 aromatic carbocycles. The second kappa shape index (κ2) is 6.04. The molecule has 0 aliphatic heterocycles. The Labute approximate surface area is 110 Å². The van der Waals surface area contributed by atoms with E-state index in [9.17, 15) is 14.4 Å². The highest BCUT2D eigenvalue weighted by Gasteiger charge is 2.16. The Balaban J connectivity index is 2.14. The van der Waals surface area contributed by atoms with Crippen molar-refractivity contribution < 1.29 is 14.4 Å². The van der Waals surface area contributed by atoms with Crippen LogP contribution in [0.2, 0.25) is 0 Å². The Morgan fingerprint density at radius 3 is 2.44 bits per heavy atom. The molecule has 0 saturated carbocycles. The maximum absolute atomic E-state index is 13.0. The summed E-state index contributed by atoms with van der Waals surface area (Å²) in [5.74, 6) is 0.101. The van der Waals surface area contributed by atoms with Crippen LogP contribution in [0.15, 0.2) is 53.4 Å². The van der Waals surface area contributed by atoms with Gasteiger partial charge in [0.1, 0.15) is 5.82 Å². The lowest BCUT2D eigenvalue weighted by molar-refractivity contribution is 0.425. The molecular formula is C13H12BFO2S. The Bertz CT molecular complexity index is 520. The van der Waals surface area contributed by atoms with Crippen LogP contribution < -0.4 is 5.46 Å². The van der Waals surface area contributed by atoms with Crippen molar-refractivity contribution in [1.29, 1.82) is 0 Å². The highest BCUT2D eigenvalue weighted by atomic mass is 32.2. The molecule has 0 spiro atoms. The Morgan fingerprint density at radius 2 is 1.78 bits per heavy atom. The van der Waals surface area contributed by atoms with Crippen LogP contribution in [0.4, 0.5) is 4.39 Å². The fourth-order valence-corrected chi connectivity index (χ4v) is 2.55. The topological polar surface area (TPSA) is 40.5 Å². The molecule has 5 heteroatoms. The van der Waals surface area contributed by atoms with Gasteiger partial charge in [-0.1, -0.05) is 24.3 Å². The van der Waals surface area contributed by atoms with E-state index in [1.54, 1.807) is 17.8 Å². The van der Waals surface area contributed by atoms with E-state index < -0.39 is 12.9 Å². The number of hydrogen-bond donors (Lipinski definition) is 2. The molecule has 92 valence electrons. The van der Waals surface area contributed by atoms with E-state index in [0.717, 1.165) is 16.5 Å². The Kier molecular flexibility index (Phi) is 4.41. The summed E-state index contributed by atoms with van der Waals surface area (Å²) in [4.78, 5) is 1.08. The minimum Gasteiger partial charge on any atom is -0.423 e. The number of thioether (sulfide) groups is 1. The molecule has 0 atom stereocenters. The first-order valence-electron chi connectivity index (χ1n) is 5.49. The molecule has 18 heavy (non-hydrogen) atoms. The van der Waals surface area contributed by atoms with Crippen molar-refractivity contribution in [2.45, 2.75) is 10.6 Å². The molecule has 2 N–H and O–H groups in total. The third-order valence-corrected chi connectivity index (χ3v) is 3.58. The fourth-order valence-electron chi connectivity index (χ4n) is 1.62. The van der Waals surface area contributed by atoms with Crippen LogP contribution in [0.1, 0.15) is 5.56 Å². The third-order valence-electron chi connectivity index (χ3n) is 2.52. The zero-order valence-electron chi connectivity index (χ0n) is 9.58. The van der Waals surface area contributed by atoms with Crippen LogP contribution in [-0.2, 0) is 5.75 Å². The highest BCUT2D eigenvalue weighted by molar-refractivity contribution is 7.98. The molecule has 0 bridgehead atoms. The summed E-state index contributed by atoms with van der Waals surface area (Å²) in [7, 11) is -1.65. The summed E-state index contributed by atoms with van der Waals surface area (Å²) in [6.45, 7) is 0. The average Bonchev–Trinajstić information content (AvgIpc) is 2.38. The number of rotatable bonds is 4. The molecule has 0 aliphatic carbocycles. The molecule has 2 rings (SSSR count). The predicted molar refractivity (Wildman–Crippen MR) is 72.2 cm³/mol. The van der Waals surface area contributed by atoms with Crippen LogP contribution >= 0.6 is 11.8 Å². The second-order valence-electron chi connectivity index (χ2n) is 3.82. The molecule has 0 saturated heterocycles. The third kappa shape index (κ3) is 3.35. The molecule has 0 aliphatic rings. The molecule has 0 heterocycles. The summed E-state index contributed by atoms with van der Waals surface area (Å²) in [6, 6.07) is 13.8. The van der Waals surface area contributed by atoms with Crippen molar-refractivity contribution in [2.75, 3.05) is 0 Å². The van der Waals surface area contributed by atoms with Crippen molar-refractivity contribution >= 4 is 24.3 Å². The smallest absolute Gasteiger partial charge is 0.423 e. The molecule has 0 amide bonds. The normalized spacial score (nSPS) is 10.4. The van der Waals surface area contributed by atoms with Gasteiger partial charge in [0.2, 0.25) is 0 Å². The summed E-state index contributed by atoms with van der Waals surface area (Å²) in [5, 5.41) is 18.4. The van der Waals surface area contributed by atoms with Crippen LogP contribution in [0, 0.1) is 5.82 Å². The van der Waals surface area contributed by atoms with Gasteiger partial charge in [-0.3, -0.25) is 0 Å². The van der Waals surface area contributed by atoms with Crippen LogP contribution in [-0.4, -0.2) is 17.2 Å². The molecular weight excluding hydrogens is 250 g/mol. The van der Waals surface area contributed by atoms with Gasteiger partial charge in [0.05, 0.1) is 0 Å². The molecule has 0 aromatic heterocycles. The largest absolute Gasteiger partial charge is 0.488 e. The van der Waals surface area contributed by atoms with Gasteiger partial charge in [-0.25, -0.2) is 4.39 Å². The molecule has 0 fully saturated rings. The fraction of sp³-hybridized carbons (Fsp3) is 0.0769. The van der Waals surface area contributed by atoms with Gasteiger partial charge < -0.3 is 10.0 Å². The van der Waals surface area contributed by atoms with Gasteiger partial charge in [0, 0.05) is 10.6 Å². The van der Waals surface area contributed by atoms with Crippen LogP contribution in [0.5, 0.6) is 0 Å². The minimum atomic E-state index is -1.65. The zero-order valence-corrected chi connectivity index (χ0v) is 10.4. The first-order chi connectivity index (χ1) is 8.66. The van der Waals surface area contributed by atoms with Crippen LogP contribution in [0.3, 0.4) is 0 Å².